The average molecular weight is 329 g/mol. The summed E-state index contributed by atoms with van der Waals surface area (Å²) in [5, 5.41) is 1.10. The van der Waals surface area contributed by atoms with Crippen molar-refractivity contribution in [2.45, 2.75) is 13.5 Å². The first-order valence-corrected chi connectivity index (χ1v) is 6.12. The topological polar surface area (TPSA) is 31.2 Å². The molecule has 0 saturated heterocycles. The van der Waals surface area contributed by atoms with Crippen molar-refractivity contribution in [2.24, 2.45) is 0 Å². The molecule has 16 heavy (non-hydrogen) atoms. The second-order valence-electron chi connectivity index (χ2n) is 3.49. The highest BCUT2D eigenvalue weighted by atomic mass is 127. The van der Waals surface area contributed by atoms with Crippen molar-refractivity contribution in [1.82, 2.24) is 4.57 Å². The second-order valence-corrected chi connectivity index (χ2v) is 4.65. The van der Waals surface area contributed by atoms with Crippen molar-refractivity contribution < 1.29 is 9.53 Å². The first kappa shape index (κ1) is 11.4. The molecule has 4 heteroatoms. The summed E-state index contributed by atoms with van der Waals surface area (Å²) in [6.45, 7) is 3.03. The Morgan fingerprint density at radius 2 is 2.25 bits per heavy atom. The van der Waals surface area contributed by atoms with E-state index in [0.717, 1.165) is 21.0 Å². The number of carbonyl (C=O) groups excluding carboxylic acids is 1. The van der Waals surface area contributed by atoms with Crippen molar-refractivity contribution in [2.75, 3.05) is 7.11 Å². The molecule has 0 aliphatic carbocycles. The molecule has 0 radical (unpaired) electrons. The number of hydrogen-bond donors (Lipinski definition) is 0. The number of esters is 1. The summed E-state index contributed by atoms with van der Waals surface area (Å²) >= 11 is 2.28. The van der Waals surface area contributed by atoms with E-state index in [-0.39, 0.29) is 5.97 Å². The van der Waals surface area contributed by atoms with E-state index >= 15 is 0 Å². The molecule has 84 valence electrons. The normalized spacial score (nSPS) is 10.7. The number of hydrogen-bond acceptors (Lipinski definition) is 2. The summed E-state index contributed by atoms with van der Waals surface area (Å²) in [7, 11) is 1.40. The maximum Gasteiger partial charge on any atom is 0.337 e. The van der Waals surface area contributed by atoms with Gasteiger partial charge < -0.3 is 9.30 Å². The number of ether oxygens (including phenoxy) is 1. The number of nitrogens with zero attached hydrogens (tertiary/aromatic N) is 1. The smallest absolute Gasteiger partial charge is 0.337 e. The number of halogens is 1. The minimum Gasteiger partial charge on any atom is -0.465 e. The molecule has 3 nitrogen and oxygen atoms in total. The van der Waals surface area contributed by atoms with E-state index in [1.165, 1.54) is 7.11 Å². The van der Waals surface area contributed by atoms with Crippen LogP contribution in [0.3, 0.4) is 0 Å². The monoisotopic (exact) mass is 329 g/mol. The molecule has 0 unspecified atom stereocenters. The van der Waals surface area contributed by atoms with E-state index in [0.29, 0.717) is 5.56 Å². The largest absolute Gasteiger partial charge is 0.465 e. The minimum absolute atomic E-state index is 0.290. The van der Waals surface area contributed by atoms with Crippen LogP contribution >= 0.6 is 22.6 Å². The van der Waals surface area contributed by atoms with Crippen LogP contribution in [0.1, 0.15) is 17.3 Å². The standard InChI is InChI=1S/C12H12INO2/c1-3-14-7-10(13)9-6-8(12(15)16-2)4-5-11(9)14/h4-7H,3H2,1-2H3. The fourth-order valence-electron chi connectivity index (χ4n) is 1.76. The number of carbonyl (C=O) groups is 1. The SMILES string of the molecule is CCn1cc(I)c2cc(C(=O)OC)ccc21. The molecule has 1 heterocycles. The molecule has 0 spiro atoms. The average Bonchev–Trinajstić information content (AvgIpc) is 2.64. The Hall–Kier alpha value is -1.04. The van der Waals surface area contributed by atoms with Gasteiger partial charge in [-0.2, -0.15) is 0 Å². The van der Waals surface area contributed by atoms with Gasteiger partial charge >= 0.3 is 5.97 Å². The highest BCUT2D eigenvalue weighted by Gasteiger charge is 2.10. The van der Waals surface area contributed by atoms with Gasteiger partial charge in [-0.15, -0.1) is 0 Å². The van der Waals surface area contributed by atoms with Crippen LogP contribution in [-0.4, -0.2) is 17.6 Å². The molecule has 0 N–H and O–H groups in total. The Morgan fingerprint density at radius 3 is 2.88 bits per heavy atom. The van der Waals surface area contributed by atoms with Crippen LogP contribution in [0.15, 0.2) is 24.4 Å². The molecule has 2 rings (SSSR count). The van der Waals surface area contributed by atoms with Crippen molar-refractivity contribution in [1.29, 1.82) is 0 Å². The summed E-state index contributed by atoms with van der Waals surface area (Å²) < 4.78 is 8.03. The number of rotatable bonds is 2. The van der Waals surface area contributed by atoms with Crippen LogP contribution in [0, 0.1) is 3.57 Å². The maximum atomic E-state index is 11.4. The van der Waals surface area contributed by atoms with Gasteiger partial charge in [0, 0.05) is 27.2 Å². The quantitative estimate of drug-likeness (QED) is 0.626. The number of aromatic nitrogens is 1. The first-order valence-electron chi connectivity index (χ1n) is 5.04. The van der Waals surface area contributed by atoms with E-state index < -0.39 is 0 Å². The molecule has 0 amide bonds. The number of benzene rings is 1. The number of methoxy groups -OCH3 is 1. The Bertz CT molecular complexity index is 545. The van der Waals surface area contributed by atoms with E-state index in [9.17, 15) is 4.79 Å². The molecule has 0 aliphatic heterocycles. The lowest BCUT2D eigenvalue weighted by Gasteiger charge is -2.02. The van der Waals surface area contributed by atoms with Gasteiger partial charge in [0.1, 0.15) is 0 Å². The van der Waals surface area contributed by atoms with Crippen LogP contribution in [0.2, 0.25) is 0 Å². The van der Waals surface area contributed by atoms with E-state index in [1.807, 2.05) is 12.1 Å². The third kappa shape index (κ3) is 1.81. The summed E-state index contributed by atoms with van der Waals surface area (Å²) in [6, 6.07) is 5.65. The van der Waals surface area contributed by atoms with Crippen LogP contribution in [0.25, 0.3) is 10.9 Å². The molecule has 1 aromatic carbocycles. The third-order valence-electron chi connectivity index (χ3n) is 2.59. The van der Waals surface area contributed by atoms with Crippen molar-refractivity contribution in [3.05, 3.63) is 33.5 Å². The Balaban J connectivity index is 2.62. The fraction of sp³-hybridized carbons (Fsp3) is 0.250. The summed E-state index contributed by atoms with van der Waals surface area (Å²) in [6.07, 6.45) is 2.09. The molecule has 0 bridgehead atoms. The van der Waals surface area contributed by atoms with Gasteiger partial charge in [-0.3, -0.25) is 0 Å². The van der Waals surface area contributed by atoms with E-state index in [2.05, 4.69) is 40.3 Å². The summed E-state index contributed by atoms with van der Waals surface area (Å²) in [5.41, 5.74) is 1.75. The van der Waals surface area contributed by atoms with Gasteiger partial charge in [-0.1, -0.05) is 0 Å². The Morgan fingerprint density at radius 1 is 1.50 bits per heavy atom. The van der Waals surface area contributed by atoms with Gasteiger partial charge in [0.15, 0.2) is 0 Å². The predicted octanol–water partition coefficient (Wildman–Crippen LogP) is 3.05. The number of aryl methyl sites for hydroxylation is 1. The van der Waals surface area contributed by atoms with Crippen LogP contribution in [0.5, 0.6) is 0 Å². The summed E-state index contributed by atoms with van der Waals surface area (Å²) in [4.78, 5) is 11.4. The predicted molar refractivity (Wildman–Crippen MR) is 71.7 cm³/mol. The zero-order chi connectivity index (χ0) is 11.7. The Labute approximate surface area is 108 Å². The molecule has 0 fully saturated rings. The Kier molecular flexibility index (Phi) is 3.18. The lowest BCUT2D eigenvalue weighted by Crippen LogP contribution is -2.00. The van der Waals surface area contributed by atoms with Gasteiger partial charge in [0.05, 0.1) is 12.7 Å². The van der Waals surface area contributed by atoms with E-state index in [4.69, 9.17) is 4.74 Å². The van der Waals surface area contributed by atoms with Gasteiger partial charge in [-0.05, 0) is 47.7 Å². The van der Waals surface area contributed by atoms with Crippen LogP contribution in [-0.2, 0) is 11.3 Å². The first-order chi connectivity index (χ1) is 7.67. The third-order valence-corrected chi connectivity index (χ3v) is 3.45. The van der Waals surface area contributed by atoms with Gasteiger partial charge in [0.25, 0.3) is 0 Å². The van der Waals surface area contributed by atoms with Gasteiger partial charge in [-0.25, -0.2) is 4.79 Å². The second kappa shape index (κ2) is 4.45. The van der Waals surface area contributed by atoms with Gasteiger partial charge in [0.2, 0.25) is 0 Å². The number of fused-ring (bicyclic) bond motifs is 1. The molecular formula is C12H12INO2. The minimum atomic E-state index is -0.290. The molecule has 0 aliphatic rings. The summed E-state index contributed by atoms with van der Waals surface area (Å²) in [5.74, 6) is -0.290. The van der Waals surface area contributed by atoms with Crippen molar-refractivity contribution in [3.63, 3.8) is 0 Å². The van der Waals surface area contributed by atoms with Crippen LogP contribution < -0.4 is 0 Å². The maximum absolute atomic E-state index is 11.4. The highest BCUT2D eigenvalue weighted by molar-refractivity contribution is 14.1. The molecule has 2 aromatic rings. The molecule has 1 aromatic heterocycles. The van der Waals surface area contributed by atoms with Crippen molar-refractivity contribution >= 4 is 39.5 Å². The van der Waals surface area contributed by atoms with Crippen LogP contribution in [0.4, 0.5) is 0 Å². The van der Waals surface area contributed by atoms with Crippen molar-refractivity contribution in [3.8, 4) is 0 Å². The van der Waals surface area contributed by atoms with E-state index in [1.54, 1.807) is 6.07 Å². The fourth-order valence-corrected chi connectivity index (χ4v) is 2.53. The zero-order valence-electron chi connectivity index (χ0n) is 9.16. The molecular weight excluding hydrogens is 317 g/mol. The lowest BCUT2D eigenvalue weighted by molar-refractivity contribution is 0.0601. The lowest BCUT2D eigenvalue weighted by atomic mass is 10.1. The highest BCUT2D eigenvalue weighted by Crippen LogP contribution is 2.24. The molecule has 0 saturated carbocycles. The zero-order valence-corrected chi connectivity index (χ0v) is 11.3. The molecule has 0 atom stereocenters.